The number of carbonyl (C=O) groups excluding carboxylic acids is 1. The molecule has 0 aliphatic rings. The Bertz CT molecular complexity index is 622. The number of halogens is 2. The lowest BCUT2D eigenvalue weighted by Crippen LogP contribution is -2.05. The average molecular weight is 335 g/mol. The van der Waals surface area contributed by atoms with E-state index >= 15 is 0 Å². The first-order valence-corrected chi connectivity index (χ1v) is 7.35. The molecule has 0 spiro atoms. The first-order valence-electron chi connectivity index (χ1n) is 6.56. The van der Waals surface area contributed by atoms with Gasteiger partial charge >= 0.3 is 0 Å². The van der Waals surface area contributed by atoms with Gasteiger partial charge in [-0.2, -0.15) is 0 Å². The summed E-state index contributed by atoms with van der Waals surface area (Å²) in [4.78, 5) is 12.0. The molecule has 0 aromatic heterocycles. The van der Waals surface area contributed by atoms with E-state index in [9.17, 15) is 9.18 Å². The van der Waals surface area contributed by atoms with Crippen LogP contribution in [0.15, 0.2) is 46.9 Å². The van der Waals surface area contributed by atoms with Crippen LogP contribution in [0.1, 0.15) is 23.1 Å². The summed E-state index contributed by atoms with van der Waals surface area (Å²) in [7, 11) is 0. The highest BCUT2D eigenvalue weighted by molar-refractivity contribution is 9.10. The van der Waals surface area contributed by atoms with Crippen molar-refractivity contribution in [2.45, 2.75) is 26.2 Å². The summed E-state index contributed by atoms with van der Waals surface area (Å²) >= 11 is 3.19. The smallest absolute Gasteiger partial charge is 0.137 e. The van der Waals surface area contributed by atoms with Crippen molar-refractivity contribution in [1.29, 1.82) is 0 Å². The van der Waals surface area contributed by atoms with Crippen molar-refractivity contribution in [2.75, 3.05) is 0 Å². The second-order valence-corrected chi connectivity index (χ2v) is 5.71. The Morgan fingerprint density at radius 3 is 2.70 bits per heavy atom. The maximum Gasteiger partial charge on any atom is 0.137 e. The highest BCUT2D eigenvalue weighted by Crippen LogP contribution is 2.21. The van der Waals surface area contributed by atoms with Gasteiger partial charge in [0.1, 0.15) is 11.6 Å². The number of rotatable bonds is 5. The third-order valence-electron chi connectivity index (χ3n) is 3.19. The van der Waals surface area contributed by atoms with Crippen LogP contribution in [-0.4, -0.2) is 5.78 Å². The van der Waals surface area contributed by atoms with Crippen molar-refractivity contribution in [2.24, 2.45) is 0 Å². The number of hydrogen-bond acceptors (Lipinski definition) is 1. The lowest BCUT2D eigenvalue weighted by Gasteiger charge is -2.05. The van der Waals surface area contributed by atoms with Crippen LogP contribution in [0.3, 0.4) is 0 Å². The number of aryl methyl sites for hydroxylation is 2. The minimum Gasteiger partial charge on any atom is -0.299 e. The van der Waals surface area contributed by atoms with Crippen molar-refractivity contribution in [3.05, 3.63) is 69.4 Å². The fourth-order valence-corrected chi connectivity index (χ4v) is 2.54. The third-order valence-corrected chi connectivity index (χ3v) is 4.08. The molecule has 0 fully saturated rings. The zero-order valence-electron chi connectivity index (χ0n) is 11.3. The fourth-order valence-electron chi connectivity index (χ4n) is 2.14. The minimum absolute atomic E-state index is 0.123. The lowest BCUT2D eigenvalue weighted by molar-refractivity contribution is -0.118. The predicted octanol–water partition coefficient (Wildman–Crippen LogP) is 4.64. The SMILES string of the molecule is Cc1cccc(CCC(=O)Cc2cccc(F)c2Br)c1. The van der Waals surface area contributed by atoms with Crippen molar-refractivity contribution in [1.82, 2.24) is 0 Å². The van der Waals surface area contributed by atoms with Crippen LogP contribution in [0.5, 0.6) is 0 Å². The zero-order valence-corrected chi connectivity index (χ0v) is 12.9. The Hall–Kier alpha value is -1.48. The summed E-state index contributed by atoms with van der Waals surface area (Å²) in [5, 5.41) is 0. The van der Waals surface area contributed by atoms with Gasteiger partial charge in [0, 0.05) is 12.8 Å². The number of carbonyl (C=O) groups is 1. The van der Waals surface area contributed by atoms with Crippen molar-refractivity contribution < 1.29 is 9.18 Å². The molecule has 0 aliphatic heterocycles. The first kappa shape index (κ1) is 14.9. The van der Waals surface area contributed by atoms with E-state index in [0.717, 1.165) is 12.0 Å². The fraction of sp³-hybridized carbons (Fsp3) is 0.235. The molecule has 2 aromatic rings. The van der Waals surface area contributed by atoms with Crippen LogP contribution < -0.4 is 0 Å². The van der Waals surface area contributed by atoms with Gasteiger partial charge in [0.15, 0.2) is 0 Å². The standard InChI is InChI=1S/C17H16BrFO/c1-12-4-2-5-13(10-12)8-9-15(20)11-14-6-3-7-16(19)17(14)18/h2-7,10H,8-9,11H2,1H3. The van der Waals surface area contributed by atoms with Gasteiger partial charge in [-0.15, -0.1) is 0 Å². The Morgan fingerprint density at radius 1 is 1.20 bits per heavy atom. The molecule has 0 unspecified atom stereocenters. The molecular weight excluding hydrogens is 319 g/mol. The average Bonchev–Trinajstić information content (AvgIpc) is 2.42. The molecule has 20 heavy (non-hydrogen) atoms. The summed E-state index contributed by atoms with van der Waals surface area (Å²) in [5.41, 5.74) is 3.07. The summed E-state index contributed by atoms with van der Waals surface area (Å²) in [6.07, 6.45) is 1.48. The Kier molecular flexibility index (Phi) is 5.07. The largest absolute Gasteiger partial charge is 0.299 e. The van der Waals surface area contributed by atoms with Gasteiger partial charge in [-0.05, 0) is 46.5 Å². The topological polar surface area (TPSA) is 17.1 Å². The van der Waals surface area contributed by atoms with Crippen LogP contribution in [-0.2, 0) is 17.6 Å². The molecule has 0 saturated carbocycles. The van der Waals surface area contributed by atoms with Crippen molar-refractivity contribution in [3.8, 4) is 0 Å². The molecule has 3 heteroatoms. The predicted molar refractivity (Wildman–Crippen MR) is 82.3 cm³/mol. The molecule has 104 valence electrons. The molecule has 0 saturated heterocycles. The third kappa shape index (κ3) is 4.01. The zero-order chi connectivity index (χ0) is 14.5. The van der Waals surface area contributed by atoms with Crippen LogP contribution in [0.2, 0.25) is 0 Å². The van der Waals surface area contributed by atoms with Crippen molar-refractivity contribution in [3.63, 3.8) is 0 Å². The second-order valence-electron chi connectivity index (χ2n) is 4.92. The van der Waals surface area contributed by atoms with E-state index in [-0.39, 0.29) is 18.0 Å². The highest BCUT2D eigenvalue weighted by atomic mass is 79.9. The Balaban J connectivity index is 1.94. The number of ketones is 1. The summed E-state index contributed by atoms with van der Waals surface area (Å²) in [5.74, 6) is -0.202. The van der Waals surface area contributed by atoms with Crippen LogP contribution >= 0.6 is 15.9 Å². The van der Waals surface area contributed by atoms with E-state index in [2.05, 4.69) is 22.0 Å². The number of hydrogen-bond donors (Lipinski definition) is 0. The minimum atomic E-state index is -0.325. The van der Waals surface area contributed by atoms with Gasteiger partial charge in [0.05, 0.1) is 4.47 Å². The summed E-state index contributed by atoms with van der Waals surface area (Å²) < 4.78 is 13.8. The summed E-state index contributed by atoms with van der Waals surface area (Å²) in [6, 6.07) is 12.9. The van der Waals surface area contributed by atoms with E-state index in [4.69, 9.17) is 0 Å². The molecule has 1 nitrogen and oxygen atoms in total. The molecule has 0 heterocycles. The van der Waals surface area contributed by atoms with Gasteiger partial charge in [-0.3, -0.25) is 4.79 Å². The first-order chi connectivity index (χ1) is 9.56. The highest BCUT2D eigenvalue weighted by Gasteiger charge is 2.10. The van der Waals surface area contributed by atoms with Gasteiger partial charge in [0.2, 0.25) is 0 Å². The number of benzene rings is 2. The van der Waals surface area contributed by atoms with E-state index < -0.39 is 0 Å². The van der Waals surface area contributed by atoms with Gasteiger partial charge in [-0.25, -0.2) is 4.39 Å². The van der Waals surface area contributed by atoms with E-state index in [1.807, 2.05) is 25.1 Å². The van der Waals surface area contributed by atoms with E-state index in [0.29, 0.717) is 16.5 Å². The molecule has 0 aliphatic carbocycles. The molecule has 2 aromatic carbocycles. The molecule has 0 bridgehead atoms. The maximum absolute atomic E-state index is 13.4. The Labute approximate surface area is 127 Å². The van der Waals surface area contributed by atoms with Gasteiger partial charge in [-0.1, -0.05) is 42.0 Å². The van der Waals surface area contributed by atoms with Crippen LogP contribution in [0.4, 0.5) is 4.39 Å². The molecule has 0 atom stereocenters. The van der Waals surface area contributed by atoms with Crippen molar-refractivity contribution >= 4 is 21.7 Å². The van der Waals surface area contributed by atoms with E-state index in [1.54, 1.807) is 12.1 Å². The molecule has 0 amide bonds. The maximum atomic E-state index is 13.4. The van der Waals surface area contributed by atoms with Gasteiger partial charge in [0.25, 0.3) is 0 Å². The second kappa shape index (κ2) is 6.80. The van der Waals surface area contributed by atoms with Gasteiger partial charge < -0.3 is 0 Å². The molecule has 0 radical (unpaired) electrons. The van der Waals surface area contributed by atoms with E-state index in [1.165, 1.54) is 11.6 Å². The van der Waals surface area contributed by atoms with Crippen LogP contribution in [0.25, 0.3) is 0 Å². The quantitative estimate of drug-likeness (QED) is 0.778. The normalized spacial score (nSPS) is 10.6. The lowest BCUT2D eigenvalue weighted by atomic mass is 10.0. The monoisotopic (exact) mass is 334 g/mol. The Morgan fingerprint density at radius 2 is 1.95 bits per heavy atom. The summed E-state index contributed by atoms with van der Waals surface area (Å²) in [6.45, 7) is 2.04. The molecule has 2 rings (SSSR count). The van der Waals surface area contributed by atoms with Crippen LogP contribution in [0, 0.1) is 12.7 Å². The molecular formula is C17H16BrFO. The number of Topliss-reactive ketones (excluding diaryl/α,β-unsaturated/α-hetero) is 1. The molecule has 0 N–H and O–H groups in total.